The maximum Gasteiger partial charge on any atom is 0.335 e. The van der Waals surface area contributed by atoms with Crippen LogP contribution in [0.25, 0.3) is 0 Å². The van der Waals surface area contributed by atoms with Crippen molar-refractivity contribution in [3.8, 4) is 0 Å². The lowest BCUT2D eigenvalue weighted by Gasteiger charge is -2.29. The monoisotopic (exact) mass is 254 g/mol. The van der Waals surface area contributed by atoms with E-state index in [0.717, 1.165) is 0 Å². The molecule has 94 valence electrons. The molecule has 19 heavy (non-hydrogen) atoms. The summed E-state index contributed by atoms with van der Waals surface area (Å²) in [6, 6.07) is 6.66. The number of hydrogen-bond acceptors (Lipinski definition) is 3. The summed E-state index contributed by atoms with van der Waals surface area (Å²) < 4.78 is 0. The van der Waals surface area contributed by atoms with E-state index in [-0.39, 0.29) is 17.1 Å². The Morgan fingerprint density at radius 2 is 1.58 bits per heavy atom. The summed E-state index contributed by atoms with van der Waals surface area (Å²) in [7, 11) is 0. The van der Waals surface area contributed by atoms with Crippen LogP contribution in [0.2, 0.25) is 0 Å². The van der Waals surface area contributed by atoms with Crippen molar-refractivity contribution in [1.29, 1.82) is 0 Å². The number of ketones is 2. The van der Waals surface area contributed by atoms with Crippen LogP contribution in [0.5, 0.6) is 0 Å². The first-order chi connectivity index (χ1) is 9.09. The molecule has 0 fully saturated rings. The van der Waals surface area contributed by atoms with Crippen LogP contribution in [0.4, 0.5) is 0 Å². The lowest BCUT2D eigenvalue weighted by Crippen LogP contribution is -2.36. The van der Waals surface area contributed by atoms with Gasteiger partial charge in [-0.3, -0.25) is 9.59 Å². The molecule has 2 atom stereocenters. The average Bonchev–Trinajstić information content (AvgIpc) is 2.44. The van der Waals surface area contributed by atoms with Gasteiger partial charge >= 0.3 is 5.97 Å². The minimum absolute atomic E-state index is 0.0572. The summed E-state index contributed by atoms with van der Waals surface area (Å²) >= 11 is 0. The van der Waals surface area contributed by atoms with E-state index >= 15 is 0 Å². The summed E-state index contributed by atoms with van der Waals surface area (Å²) in [6.45, 7) is 0. The number of hydrogen-bond donors (Lipinski definition) is 1. The normalized spacial score (nSPS) is 24.5. The Morgan fingerprint density at radius 1 is 1.00 bits per heavy atom. The number of Topliss-reactive ketones (excluding diaryl/α,β-unsaturated/α-hetero) is 2. The van der Waals surface area contributed by atoms with Crippen LogP contribution < -0.4 is 0 Å². The minimum Gasteiger partial charge on any atom is -0.478 e. The molecule has 0 bridgehead atoms. The van der Waals surface area contributed by atoms with Crippen molar-refractivity contribution >= 4 is 17.5 Å². The first-order valence-corrected chi connectivity index (χ1v) is 5.90. The van der Waals surface area contributed by atoms with Gasteiger partial charge in [-0.2, -0.15) is 0 Å². The zero-order valence-electron chi connectivity index (χ0n) is 9.87. The van der Waals surface area contributed by atoms with Crippen LogP contribution in [0, 0.1) is 11.8 Å². The van der Waals surface area contributed by atoms with Crippen LogP contribution in [-0.4, -0.2) is 22.6 Å². The Bertz CT molecular complexity index is 666. The van der Waals surface area contributed by atoms with Crippen LogP contribution in [-0.2, 0) is 4.79 Å². The number of rotatable bonds is 1. The molecule has 1 N–H and O–H groups in total. The lowest BCUT2D eigenvalue weighted by molar-refractivity contribution is -0.132. The van der Waals surface area contributed by atoms with Gasteiger partial charge in [-0.25, -0.2) is 4.79 Å². The molecule has 0 amide bonds. The van der Waals surface area contributed by atoms with Crippen molar-refractivity contribution in [3.63, 3.8) is 0 Å². The summed E-state index contributed by atoms with van der Waals surface area (Å²) in [5.74, 6) is -2.68. The number of benzene rings is 1. The molecule has 0 aromatic heterocycles. The van der Waals surface area contributed by atoms with E-state index in [0.29, 0.717) is 11.1 Å². The van der Waals surface area contributed by atoms with Crippen molar-refractivity contribution in [3.05, 3.63) is 59.2 Å². The van der Waals surface area contributed by atoms with Crippen molar-refractivity contribution in [2.75, 3.05) is 0 Å². The molecule has 0 spiro atoms. The molecule has 0 unspecified atom stereocenters. The number of aliphatic carboxylic acids is 1. The second-order valence-corrected chi connectivity index (χ2v) is 4.61. The van der Waals surface area contributed by atoms with Crippen LogP contribution in [0.1, 0.15) is 20.7 Å². The van der Waals surface area contributed by atoms with Crippen molar-refractivity contribution in [2.45, 2.75) is 0 Å². The maximum atomic E-state index is 12.3. The fraction of sp³-hybridized carbons (Fsp3) is 0.133. The van der Waals surface area contributed by atoms with Crippen molar-refractivity contribution in [2.24, 2.45) is 11.8 Å². The highest BCUT2D eigenvalue weighted by atomic mass is 16.4. The van der Waals surface area contributed by atoms with Gasteiger partial charge in [0.1, 0.15) is 0 Å². The fourth-order valence-corrected chi connectivity index (χ4v) is 2.58. The van der Waals surface area contributed by atoms with E-state index < -0.39 is 17.8 Å². The van der Waals surface area contributed by atoms with Gasteiger partial charge in [-0.1, -0.05) is 42.5 Å². The van der Waals surface area contributed by atoms with E-state index in [2.05, 4.69) is 0 Å². The molecule has 0 saturated carbocycles. The predicted molar refractivity (Wildman–Crippen MR) is 66.9 cm³/mol. The van der Waals surface area contributed by atoms with Crippen LogP contribution >= 0.6 is 0 Å². The van der Waals surface area contributed by atoms with Gasteiger partial charge in [0.2, 0.25) is 0 Å². The Hall–Kier alpha value is -2.49. The molecule has 3 rings (SSSR count). The highest BCUT2D eigenvalue weighted by Gasteiger charge is 2.40. The fourth-order valence-electron chi connectivity index (χ4n) is 2.58. The zero-order valence-corrected chi connectivity index (χ0v) is 9.87. The smallest absolute Gasteiger partial charge is 0.335 e. The molecule has 2 aliphatic rings. The SMILES string of the molecule is O=C(O)C1=C[C@@H]2C(=O)c3ccccc3C(=O)[C@@H]2C=C1. The molecule has 1 aromatic rings. The highest BCUT2D eigenvalue weighted by molar-refractivity contribution is 6.17. The molecular weight excluding hydrogens is 244 g/mol. The number of carbonyl (C=O) groups excluding carboxylic acids is 2. The van der Waals surface area contributed by atoms with Gasteiger partial charge < -0.3 is 5.11 Å². The number of allylic oxidation sites excluding steroid dienone is 2. The summed E-state index contributed by atoms with van der Waals surface area (Å²) in [5.41, 5.74) is 0.859. The molecule has 0 aliphatic heterocycles. The standard InChI is InChI=1S/C15H10O4/c16-13-9-3-1-2-4-10(9)14(17)12-7-8(15(18)19)5-6-11(12)13/h1-7,11-12H,(H,18,19)/t11-,12+/m1/s1. The quantitative estimate of drug-likeness (QED) is 0.830. The average molecular weight is 254 g/mol. The minimum atomic E-state index is -1.09. The molecule has 1 aromatic carbocycles. The van der Waals surface area contributed by atoms with Gasteiger partial charge in [0.25, 0.3) is 0 Å². The van der Waals surface area contributed by atoms with E-state index in [1.165, 1.54) is 18.2 Å². The first-order valence-electron chi connectivity index (χ1n) is 5.90. The molecule has 0 saturated heterocycles. The summed E-state index contributed by atoms with van der Waals surface area (Å²) in [4.78, 5) is 35.6. The second kappa shape index (κ2) is 4.02. The third-order valence-corrected chi connectivity index (χ3v) is 3.54. The Labute approximate surface area is 109 Å². The summed E-state index contributed by atoms with van der Waals surface area (Å²) in [6.07, 6.45) is 4.29. The topological polar surface area (TPSA) is 71.4 Å². The van der Waals surface area contributed by atoms with E-state index in [4.69, 9.17) is 5.11 Å². The van der Waals surface area contributed by atoms with Crippen molar-refractivity contribution in [1.82, 2.24) is 0 Å². The molecule has 2 aliphatic carbocycles. The van der Waals surface area contributed by atoms with Gasteiger partial charge in [0.15, 0.2) is 11.6 Å². The maximum absolute atomic E-state index is 12.3. The summed E-state index contributed by atoms with van der Waals surface area (Å²) in [5, 5.41) is 8.96. The van der Waals surface area contributed by atoms with Gasteiger partial charge in [-0.15, -0.1) is 0 Å². The predicted octanol–water partition coefficient (Wildman–Crippen LogP) is 1.88. The number of carboxylic acids is 1. The highest BCUT2D eigenvalue weighted by Crippen LogP contribution is 2.35. The first kappa shape index (κ1) is 11.6. The van der Waals surface area contributed by atoms with Crippen LogP contribution in [0.15, 0.2) is 48.1 Å². The van der Waals surface area contributed by atoms with E-state index in [1.54, 1.807) is 24.3 Å². The van der Waals surface area contributed by atoms with Gasteiger partial charge in [0, 0.05) is 11.1 Å². The Morgan fingerprint density at radius 3 is 2.16 bits per heavy atom. The second-order valence-electron chi connectivity index (χ2n) is 4.61. The largest absolute Gasteiger partial charge is 0.478 e. The molecular formula is C15H10O4. The number of carboxylic acid groups (broad SMARTS) is 1. The lowest BCUT2D eigenvalue weighted by atomic mass is 9.71. The number of fused-ring (bicyclic) bond motifs is 2. The molecule has 4 heteroatoms. The molecule has 4 nitrogen and oxygen atoms in total. The third-order valence-electron chi connectivity index (χ3n) is 3.54. The molecule has 0 radical (unpaired) electrons. The van der Waals surface area contributed by atoms with Crippen molar-refractivity contribution < 1.29 is 19.5 Å². The Kier molecular flexibility index (Phi) is 2.45. The molecule has 0 heterocycles. The third kappa shape index (κ3) is 1.64. The van der Waals surface area contributed by atoms with E-state index in [9.17, 15) is 14.4 Å². The van der Waals surface area contributed by atoms with E-state index in [1.807, 2.05) is 0 Å². The van der Waals surface area contributed by atoms with Gasteiger partial charge in [-0.05, 0) is 0 Å². The Balaban J connectivity index is 2.13. The number of carbonyl (C=O) groups is 3. The van der Waals surface area contributed by atoms with Crippen LogP contribution in [0.3, 0.4) is 0 Å². The zero-order chi connectivity index (χ0) is 13.6. The van der Waals surface area contributed by atoms with Gasteiger partial charge in [0.05, 0.1) is 17.4 Å².